The monoisotopic (exact) mass is 457 g/mol. The number of unbranched alkanes of at least 4 members (excludes halogenated alkanes) is 1. The lowest BCUT2D eigenvalue weighted by atomic mass is 10.1. The van der Waals surface area contributed by atoms with Gasteiger partial charge in [0.25, 0.3) is 11.1 Å². The summed E-state index contributed by atoms with van der Waals surface area (Å²) in [4.78, 5) is 49.1. The summed E-state index contributed by atoms with van der Waals surface area (Å²) in [5, 5.41) is -0.539. The summed E-state index contributed by atoms with van der Waals surface area (Å²) in [5.41, 5.74) is 1.19. The Balaban J connectivity index is 1.67. The van der Waals surface area contributed by atoms with Crippen molar-refractivity contribution in [3.63, 3.8) is 0 Å². The second kappa shape index (κ2) is 10.8. The van der Waals surface area contributed by atoms with Crippen LogP contribution in [0.15, 0.2) is 45.7 Å². The lowest BCUT2D eigenvalue weighted by Crippen LogP contribution is -2.34. The van der Waals surface area contributed by atoms with Gasteiger partial charge < -0.3 is 13.9 Å². The van der Waals surface area contributed by atoms with Crippen molar-refractivity contribution in [1.29, 1.82) is 0 Å². The van der Waals surface area contributed by atoms with Gasteiger partial charge in [0, 0.05) is 11.6 Å². The molecule has 0 bridgehead atoms. The number of nitrogens with zero attached hydrogens (tertiary/aromatic N) is 1. The molecule has 0 aliphatic carbocycles. The average Bonchev–Trinajstić information content (AvgIpc) is 3.34. The molecule has 2 amide bonds. The van der Waals surface area contributed by atoms with Crippen LogP contribution in [-0.2, 0) is 19.1 Å². The molecule has 8 nitrogen and oxygen atoms in total. The Labute approximate surface area is 189 Å². The maximum Gasteiger partial charge on any atom is 0.338 e. The van der Waals surface area contributed by atoms with Gasteiger partial charge in [-0.1, -0.05) is 25.5 Å². The van der Waals surface area contributed by atoms with Gasteiger partial charge in [-0.15, -0.1) is 0 Å². The summed E-state index contributed by atoms with van der Waals surface area (Å²) in [6.45, 7) is 3.80. The number of benzene rings is 1. The Morgan fingerprint density at radius 1 is 1.06 bits per heavy atom. The van der Waals surface area contributed by atoms with E-state index in [4.69, 9.17) is 13.9 Å². The predicted octanol–water partition coefficient (Wildman–Crippen LogP) is 4.50. The smallest absolute Gasteiger partial charge is 0.338 e. The lowest BCUT2D eigenvalue weighted by molar-refractivity contribution is -0.145. The van der Waals surface area contributed by atoms with Crippen molar-refractivity contribution in [2.24, 2.45) is 0 Å². The molecule has 0 N–H and O–H groups in total. The molecule has 168 valence electrons. The van der Waals surface area contributed by atoms with Crippen LogP contribution < -0.4 is 0 Å². The molecule has 1 aliphatic rings. The number of imide groups is 1. The molecule has 2 heterocycles. The maximum atomic E-state index is 12.5. The van der Waals surface area contributed by atoms with Gasteiger partial charge in [0.05, 0.1) is 23.7 Å². The number of hydrogen-bond acceptors (Lipinski definition) is 8. The van der Waals surface area contributed by atoms with Crippen LogP contribution in [0.3, 0.4) is 0 Å². The van der Waals surface area contributed by atoms with Crippen LogP contribution in [0.4, 0.5) is 4.79 Å². The molecular weight excluding hydrogens is 434 g/mol. The standard InChI is InChI=1S/C23H23NO7S/c1-3-5-12-30-22(27)16-8-6-15(7-9-16)18-11-10-17(31-18)13-19-21(26)24(23(28)32-19)14-20(25)29-4-2/h6-11,13H,3-5,12,14H2,1-2H3/b19-13-. The maximum absolute atomic E-state index is 12.5. The molecule has 1 aliphatic heterocycles. The number of carbonyl (C=O) groups excluding carboxylic acids is 4. The van der Waals surface area contributed by atoms with Crippen molar-refractivity contribution in [2.75, 3.05) is 19.8 Å². The van der Waals surface area contributed by atoms with Crippen LogP contribution in [0.1, 0.15) is 42.8 Å². The highest BCUT2D eigenvalue weighted by atomic mass is 32.2. The van der Waals surface area contributed by atoms with E-state index in [1.807, 2.05) is 6.92 Å². The molecule has 1 fully saturated rings. The number of esters is 2. The third-order valence-electron chi connectivity index (χ3n) is 4.50. The Morgan fingerprint density at radius 2 is 1.81 bits per heavy atom. The zero-order chi connectivity index (χ0) is 23.1. The van der Waals surface area contributed by atoms with E-state index in [1.54, 1.807) is 43.3 Å². The normalized spacial score (nSPS) is 14.8. The third-order valence-corrected chi connectivity index (χ3v) is 5.41. The number of amides is 2. The summed E-state index contributed by atoms with van der Waals surface area (Å²) in [6.07, 6.45) is 3.23. The Hall–Kier alpha value is -3.33. The van der Waals surface area contributed by atoms with Crippen LogP contribution in [0, 0.1) is 0 Å². The van der Waals surface area contributed by atoms with Gasteiger partial charge in [-0.05, 0) is 49.4 Å². The summed E-state index contributed by atoms with van der Waals surface area (Å²) in [6, 6.07) is 10.2. The Kier molecular flexibility index (Phi) is 7.88. The number of hydrogen-bond donors (Lipinski definition) is 0. The molecule has 3 rings (SSSR count). The second-order valence-corrected chi connectivity index (χ2v) is 7.83. The van der Waals surface area contributed by atoms with E-state index in [9.17, 15) is 19.2 Å². The van der Waals surface area contributed by atoms with Crippen molar-refractivity contribution in [2.45, 2.75) is 26.7 Å². The van der Waals surface area contributed by atoms with Crippen LogP contribution in [0.2, 0.25) is 0 Å². The van der Waals surface area contributed by atoms with Crippen LogP contribution in [0.5, 0.6) is 0 Å². The number of carbonyl (C=O) groups is 4. The molecule has 1 aromatic heterocycles. The summed E-state index contributed by atoms with van der Waals surface area (Å²) in [7, 11) is 0. The van der Waals surface area contributed by atoms with Crippen molar-refractivity contribution < 1.29 is 33.1 Å². The first-order valence-corrected chi connectivity index (χ1v) is 11.0. The molecule has 0 saturated carbocycles. The average molecular weight is 458 g/mol. The van der Waals surface area contributed by atoms with Gasteiger partial charge >= 0.3 is 11.9 Å². The first-order valence-electron chi connectivity index (χ1n) is 10.2. The quantitative estimate of drug-likeness (QED) is 0.308. The molecule has 1 saturated heterocycles. The van der Waals surface area contributed by atoms with E-state index in [-0.39, 0.29) is 17.5 Å². The van der Waals surface area contributed by atoms with E-state index in [2.05, 4.69) is 0 Å². The minimum Gasteiger partial charge on any atom is -0.465 e. The highest BCUT2D eigenvalue weighted by molar-refractivity contribution is 8.18. The van der Waals surface area contributed by atoms with Crippen molar-refractivity contribution in [3.05, 3.63) is 52.6 Å². The Morgan fingerprint density at radius 3 is 2.50 bits per heavy atom. The largest absolute Gasteiger partial charge is 0.465 e. The van der Waals surface area contributed by atoms with Gasteiger partial charge in [0.2, 0.25) is 0 Å². The molecule has 0 unspecified atom stereocenters. The van der Waals surface area contributed by atoms with E-state index in [0.717, 1.165) is 35.1 Å². The molecule has 0 spiro atoms. The fourth-order valence-corrected chi connectivity index (χ4v) is 3.67. The molecule has 32 heavy (non-hydrogen) atoms. The van der Waals surface area contributed by atoms with Gasteiger partial charge in [-0.2, -0.15) is 0 Å². The number of rotatable bonds is 9. The highest BCUT2D eigenvalue weighted by Crippen LogP contribution is 2.33. The van der Waals surface area contributed by atoms with E-state index >= 15 is 0 Å². The van der Waals surface area contributed by atoms with Crippen molar-refractivity contribution in [1.82, 2.24) is 4.90 Å². The first kappa shape index (κ1) is 23.3. The summed E-state index contributed by atoms with van der Waals surface area (Å²) < 4.78 is 15.8. The van der Waals surface area contributed by atoms with E-state index in [0.29, 0.717) is 23.7 Å². The molecule has 0 atom stereocenters. The van der Waals surface area contributed by atoms with Crippen molar-refractivity contribution in [3.8, 4) is 11.3 Å². The first-order chi connectivity index (χ1) is 15.4. The SMILES string of the molecule is CCCCOC(=O)c1ccc(-c2ccc(/C=C3\SC(=O)N(CC(=O)OCC)C3=O)o2)cc1. The molecule has 0 radical (unpaired) electrons. The van der Waals surface area contributed by atoms with E-state index in [1.165, 1.54) is 6.08 Å². The highest BCUT2D eigenvalue weighted by Gasteiger charge is 2.36. The predicted molar refractivity (Wildman–Crippen MR) is 119 cm³/mol. The Bertz CT molecular complexity index is 1040. The number of ether oxygens (including phenoxy) is 2. The van der Waals surface area contributed by atoms with Gasteiger partial charge in [-0.3, -0.25) is 19.3 Å². The summed E-state index contributed by atoms with van der Waals surface area (Å²) in [5.74, 6) is -0.674. The van der Waals surface area contributed by atoms with Gasteiger partial charge in [0.1, 0.15) is 18.1 Å². The molecular formula is C23H23NO7S. The van der Waals surface area contributed by atoms with E-state index < -0.39 is 23.7 Å². The fraction of sp³-hybridized carbons (Fsp3) is 0.304. The fourth-order valence-electron chi connectivity index (χ4n) is 2.85. The third kappa shape index (κ3) is 5.67. The lowest BCUT2D eigenvalue weighted by Gasteiger charge is -2.10. The zero-order valence-corrected chi connectivity index (χ0v) is 18.6. The van der Waals surface area contributed by atoms with Crippen LogP contribution in [-0.4, -0.2) is 47.7 Å². The van der Waals surface area contributed by atoms with Crippen LogP contribution >= 0.6 is 11.8 Å². The second-order valence-electron chi connectivity index (χ2n) is 6.84. The zero-order valence-electron chi connectivity index (χ0n) is 17.8. The molecule has 1 aromatic carbocycles. The minimum atomic E-state index is -0.644. The molecule has 9 heteroatoms. The number of furan rings is 1. The molecule has 2 aromatic rings. The van der Waals surface area contributed by atoms with Gasteiger partial charge in [0.15, 0.2) is 0 Å². The van der Waals surface area contributed by atoms with Gasteiger partial charge in [-0.25, -0.2) is 4.79 Å². The topological polar surface area (TPSA) is 103 Å². The number of thioether (sulfide) groups is 1. The van der Waals surface area contributed by atoms with Crippen molar-refractivity contribution >= 4 is 40.9 Å². The minimum absolute atomic E-state index is 0.158. The summed E-state index contributed by atoms with van der Waals surface area (Å²) >= 11 is 0.734. The van der Waals surface area contributed by atoms with Crippen LogP contribution in [0.25, 0.3) is 17.4 Å².